The van der Waals surface area contributed by atoms with Crippen LogP contribution in [0.5, 0.6) is 11.5 Å². The lowest BCUT2D eigenvalue weighted by molar-refractivity contribution is 0.102. The molecule has 8 heteroatoms. The molecule has 7 nitrogen and oxygen atoms in total. The van der Waals surface area contributed by atoms with E-state index in [1.165, 1.54) is 7.11 Å². The molecule has 0 saturated carbocycles. The van der Waals surface area contributed by atoms with Gasteiger partial charge in [0.25, 0.3) is 5.91 Å². The summed E-state index contributed by atoms with van der Waals surface area (Å²) in [7, 11) is 3.08. The van der Waals surface area contributed by atoms with Crippen LogP contribution in [0.3, 0.4) is 0 Å². The summed E-state index contributed by atoms with van der Waals surface area (Å²) in [5.41, 5.74) is 2.07. The first kappa shape index (κ1) is 19.4. The van der Waals surface area contributed by atoms with E-state index in [4.69, 9.17) is 21.1 Å². The maximum atomic E-state index is 12.7. The molecule has 0 fully saturated rings. The Morgan fingerprint density at radius 3 is 2.46 bits per heavy atom. The highest BCUT2D eigenvalue weighted by Crippen LogP contribution is 2.30. The predicted octanol–water partition coefficient (Wildman–Crippen LogP) is 4.45. The number of methoxy groups -OCH3 is 2. The molecule has 0 spiro atoms. The number of para-hydroxylation sites is 1. The smallest absolute Gasteiger partial charge is 0.274 e. The highest BCUT2D eigenvalue weighted by Gasteiger charge is 2.13. The maximum Gasteiger partial charge on any atom is 0.274 e. The Morgan fingerprint density at radius 2 is 1.75 bits per heavy atom. The Bertz CT molecular complexity index is 1010. The molecule has 0 aliphatic rings. The Hall–Kier alpha value is -3.32. The number of nitrogens with zero attached hydrogens (tertiary/aromatic N) is 2. The first-order valence-electron chi connectivity index (χ1n) is 8.41. The van der Waals surface area contributed by atoms with Crippen LogP contribution >= 0.6 is 11.6 Å². The molecule has 3 aromatic rings. The summed E-state index contributed by atoms with van der Waals surface area (Å²) in [5.74, 6) is 0.996. The lowest BCUT2D eigenvalue weighted by Crippen LogP contribution is -2.15. The van der Waals surface area contributed by atoms with Crippen molar-refractivity contribution in [2.24, 2.45) is 0 Å². The number of anilines is 3. The summed E-state index contributed by atoms with van der Waals surface area (Å²) >= 11 is 6.16. The second-order valence-corrected chi connectivity index (χ2v) is 6.25. The third-order valence-electron chi connectivity index (χ3n) is 3.85. The molecular formula is C20H19ClN4O3. The summed E-state index contributed by atoms with van der Waals surface area (Å²) in [6.07, 6.45) is 0. The number of benzene rings is 2. The Balaban J connectivity index is 1.82. The van der Waals surface area contributed by atoms with Gasteiger partial charge < -0.3 is 20.1 Å². The van der Waals surface area contributed by atoms with Gasteiger partial charge in [-0.2, -0.15) is 0 Å². The van der Waals surface area contributed by atoms with Crippen molar-refractivity contribution in [1.29, 1.82) is 0 Å². The minimum absolute atomic E-state index is 0.219. The van der Waals surface area contributed by atoms with Crippen LogP contribution in [0.4, 0.5) is 17.3 Å². The van der Waals surface area contributed by atoms with Gasteiger partial charge in [0, 0.05) is 17.4 Å². The van der Waals surface area contributed by atoms with Crippen LogP contribution in [0.15, 0.2) is 48.5 Å². The lowest BCUT2D eigenvalue weighted by Gasteiger charge is -2.11. The molecule has 0 aliphatic heterocycles. The quantitative estimate of drug-likeness (QED) is 0.638. The zero-order chi connectivity index (χ0) is 20.1. The third-order valence-corrected chi connectivity index (χ3v) is 4.18. The number of carbonyl (C=O) groups excluding carboxylic acids is 1. The molecule has 2 aromatic carbocycles. The highest BCUT2D eigenvalue weighted by molar-refractivity contribution is 6.33. The highest BCUT2D eigenvalue weighted by atomic mass is 35.5. The van der Waals surface area contributed by atoms with E-state index < -0.39 is 0 Å². The molecule has 0 unspecified atom stereocenters. The topological polar surface area (TPSA) is 85.4 Å². The number of halogens is 1. The van der Waals surface area contributed by atoms with Crippen molar-refractivity contribution in [3.8, 4) is 11.5 Å². The van der Waals surface area contributed by atoms with Gasteiger partial charge in [-0.25, -0.2) is 9.97 Å². The molecule has 0 radical (unpaired) electrons. The average molecular weight is 399 g/mol. The van der Waals surface area contributed by atoms with Gasteiger partial charge in [-0.1, -0.05) is 23.7 Å². The predicted molar refractivity (Wildman–Crippen MR) is 109 cm³/mol. The van der Waals surface area contributed by atoms with E-state index in [-0.39, 0.29) is 17.5 Å². The summed E-state index contributed by atoms with van der Waals surface area (Å²) in [6.45, 7) is 1.78. The van der Waals surface area contributed by atoms with Crippen molar-refractivity contribution < 1.29 is 14.3 Å². The van der Waals surface area contributed by atoms with Crippen molar-refractivity contribution in [3.05, 3.63) is 64.9 Å². The zero-order valence-corrected chi connectivity index (χ0v) is 16.4. The second-order valence-electron chi connectivity index (χ2n) is 5.85. The zero-order valence-electron chi connectivity index (χ0n) is 15.6. The summed E-state index contributed by atoms with van der Waals surface area (Å²) < 4.78 is 10.5. The number of carbonyl (C=O) groups is 1. The fourth-order valence-electron chi connectivity index (χ4n) is 2.53. The number of aryl methyl sites for hydroxylation is 1. The molecule has 1 heterocycles. The monoisotopic (exact) mass is 398 g/mol. The minimum atomic E-state index is -0.375. The number of rotatable bonds is 6. The molecule has 2 N–H and O–H groups in total. The van der Waals surface area contributed by atoms with E-state index in [9.17, 15) is 4.79 Å². The Kier molecular flexibility index (Phi) is 5.96. The SMILES string of the molecule is COc1ccc(NC(=O)c2cc(C)nc(Nc3ccccc3Cl)n2)cc1OC. The second kappa shape index (κ2) is 8.58. The molecule has 0 aliphatic carbocycles. The van der Waals surface area contributed by atoms with Gasteiger partial charge in [0.05, 0.1) is 24.9 Å². The van der Waals surface area contributed by atoms with Crippen molar-refractivity contribution in [2.75, 3.05) is 24.9 Å². The van der Waals surface area contributed by atoms with Gasteiger partial charge in [0.1, 0.15) is 5.69 Å². The first-order valence-corrected chi connectivity index (χ1v) is 8.78. The molecule has 1 amide bonds. The van der Waals surface area contributed by atoms with Gasteiger partial charge in [-0.05, 0) is 37.3 Å². The molecule has 3 rings (SSSR count). The fraction of sp³-hybridized carbons (Fsp3) is 0.150. The van der Waals surface area contributed by atoms with E-state index >= 15 is 0 Å². The number of amides is 1. The molecular weight excluding hydrogens is 380 g/mol. The van der Waals surface area contributed by atoms with E-state index in [2.05, 4.69) is 20.6 Å². The summed E-state index contributed by atoms with van der Waals surface area (Å²) in [4.78, 5) is 21.3. The van der Waals surface area contributed by atoms with Crippen LogP contribution in [-0.2, 0) is 0 Å². The molecule has 0 atom stereocenters. The number of ether oxygens (including phenoxy) is 2. The van der Waals surface area contributed by atoms with Gasteiger partial charge in [-0.3, -0.25) is 4.79 Å². The summed E-state index contributed by atoms with van der Waals surface area (Å²) in [5, 5.41) is 6.36. The number of hydrogen-bond donors (Lipinski definition) is 2. The van der Waals surface area contributed by atoms with Crippen LogP contribution in [0.1, 0.15) is 16.2 Å². The van der Waals surface area contributed by atoms with Crippen molar-refractivity contribution >= 4 is 34.8 Å². The lowest BCUT2D eigenvalue weighted by atomic mass is 10.2. The average Bonchev–Trinajstić information content (AvgIpc) is 2.69. The van der Waals surface area contributed by atoms with Crippen molar-refractivity contribution in [3.63, 3.8) is 0 Å². The molecule has 1 aromatic heterocycles. The van der Waals surface area contributed by atoms with E-state index in [0.29, 0.717) is 33.6 Å². The fourth-order valence-corrected chi connectivity index (χ4v) is 2.72. The molecule has 28 heavy (non-hydrogen) atoms. The van der Waals surface area contributed by atoms with E-state index in [0.717, 1.165) is 0 Å². The van der Waals surface area contributed by atoms with Gasteiger partial charge in [0.15, 0.2) is 11.5 Å². The maximum absolute atomic E-state index is 12.7. The van der Waals surface area contributed by atoms with Gasteiger partial charge in [0.2, 0.25) is 5.95 Å². The Labute approximate surface area is 167 Å². The van der Waals surface area contributed by atoms with Crippen molar-refractivity contribution in [2.45, 2.75) is 6.92 Å². The normalized spacial score (nSPS) is 10.3. The van der Waals surface area contributed by atoms with Crippen LogP contribution in [0.2, 0.25) is 5.02 Å². The number of hydrogen-bond acceptors (Lipinski definition) is 6. The van der Waals surface area contributed by atoms with E-state index in [1.807, 2.05) is 12.1 Å². The van der Waals surface area contributed by atoms with Crippen LogP contribution in [-0.4, -0.2) is 30.1 Å². The van der Waals surface area contributed by atoms with Gasteiger partial charge in [-0.15, -0.1) is 0 Å². The van der Waals surface area contributed by atoms with Crippen LogP contribution < -0.4 is 20.1 Å². The number of nitrogens with one attached hydrogen (secondary N) is 2. The molecule has 0 bridgehead atoms. The largest absolute Gasteiger partial charge is 0.493 e. The van der Waals surface area contributed by atoms with Crippen molar-refractivity contribution in [1.82, 2.24) is 9.97 Å². The first-order chi connectivity index (χ1) is 13.5. The third kappa shape index (κ3) is 4.50. The summed E-state index contributed by atoms with van der Waals surface area (Å²) in [6, 6.07) is 13.9. The standard InChI is InChI=1S/C20H19ClN4O3/c1-12-10-16(25-20(22-12)24-15-7-5-4-6-14(15)21)19(26)23-13-8-9-17(27-2)18(11-13)28-3/h4-11H,1-3H3,(H,23,26)(H,22,24,25). The van der Waals surface area contributed by atoms with E-state index in [1.54, 1.807) is 50.4 Å². The molecule has 144 valence electrons. The van der Waals surface area contributed by atoms with Crippen LogP contribution in [0.25, 0.3) is 0 Å². The molecule has 0 saturated heterocycles. The minimum Gasteiger partial charge on any atom is -0.493 e. The number of aromatic nitrogens is 2. The Morgan fingerprint density at radius 1 is 1.00 bits per heavy atom. The van der Waals surface area contributed by atoms with Gasteiger partial charge >= 0.3 is 0 Å². The van der Waals surface area contributed by atoms with Crippen LogP contribution in [0, 0.1) is 6.92 Å².